The summed E-state index contributed by atoms with van der Waals surface area (Å²) in [6.07, 6.45) is 0.502. The molecule has 0 aromatic heterocycles. The summed E-state index contributed by atoms with van der Waals surface area (Å²) >= 11 is 1.47. The van der Waals surface area contributed by atoms with Crippen molar-refractivity contribution in [3.8, 4) is 0 Å². The summed E-state index contributed by atoms with van der Waals surface area (Å²) < 4.78 is 43.9. The van der Waals surface area contributed by atoms with Gasteiger partial charge in [-0.2, -0.15) is 19.8 Å². The van der Waals surface area contributed by atoms with E-state index in [9.17, 15) is 17.6 Å². The van der Waals surface area contributed by atoms with Gasteiger partial charge >= 0.3 is 27.5 Å². The molecule has 8 heteroatoms. The SMILES string of the molecule is F[C-]=C(F)C(F)=[C-]F.P.P.[Cl][Ir+2]. The van der Waals surface area contributed by atoms with Crippen LogP contribution in [-0.2, 0) is 17.9 Å². The maximum absolute atomic E-state index is 11.2. The third-order valence-electron chi connectivity index (χ3n) is 0.359. The van der Waals surface area contributed by atoms with E-state index in [-0.39, 0.29) is 32.5 Å². The second-order valence-corrected chi connectivity index (χ2v) is 0.817. The Morgan fingerprint density at radius 2 is 1.08 bits per heavy atom. The average molecular weight is 420 g/mol. The summed E-state index contributed by atoms with van der Waals surface area (Å²) in [5.41, 5.74) is 0. The Labute approximate surface area is 89.2 Å². The van der Waals surface area contributed by atoms with Crippen LogP contribution in [-0.4, -0.2) is 0 Å². The van der Waals surface area contributed by atoms with Gasteiger partial charge in [-0.25, -0.2) is 0 Å². The fourth-order valence-electron chi connectivity index (χ4n) is 0.0830. The molecule has 0 saturated carbocycles. The summed E-state index contributed by atoms with van der Waals surface area (Å²) in [5, 5.41) is 0. The van der Waals surface area contributed by atoms with Crippen LogP contribution in [0.3, 0.4) is 0 Å². The average Bonchev–Trinajstić information content (AvgIpc) is 2.05. The molecule has 0 bridgehead atoms. The van der Waals surface area contributed by atoms with E-state index in [0.29, 0.717) is 0 Å². The van der Waals surface area contributed by atoms with Crippen LogP contribution in [0.4, 0.5) is 17.6 Å². The quantitative estimate of drug-likeness (QED) is 0.265. The Morgan fingerprint density at radius 1 is 0.917 bits per heavy atom. The van der Waals surface area contributed by atoms with Crippen LogP contribution in [0.15, 0.2) is 11.7 Å². The molecule has 0 aromatic carbocycles. The van der Waals surface area contributed by atoms with E-state index >= 15 is 0 Å². The van der Waals surface area contributed by atoms with Gasteiger partial charge < -0.3 is 17.6 Å². The number of hydrogen-bond acceptors (Lipinski definition) is 0. The van der Waals surface area contributed by atoms with Crippen LogP contribution < -0.4 is 0 Å². The Bertz CT molecular complexity index is 125. The van der Waals surface area contributed by atoms with Crippen molar-refractivity contribution in [3.05, 3.63) is 24.3 Å². The van der Waals surface area contributed by atoms with Crippen LogP contribution in [0.2, 0.25) is 0 Å². The summed E-state index contributed by atoms with van der Waals surface area (Å²) in [4.78, 5) is 0. The summed E-state index contributed by atoms with van der Waals surface area (Å²) in [6, 6.07) is 0. The van der Waals surface area contributed by atoms with Crippen LogP contribution in [0.1, 0.15) is 0 Å². The maximum atomic E-state index is 11.2. The van der Waals surface area contributed by atoms with E-state index in [4.69, 9.17) is 0 Å². The van der Waals surface area contributed by atoms with E-state index in [1.54, 1.807) is 0 Å². The molecular weight excluding hydrogens is 414 g/mol. The van der Waals surface area contributed by atoms with Gasteiger partial charge in [0.25, 0.3) is 0 Å². The third kappa shape index (κ3) is 13.6. The minimum absolute atomic E-state index is 0. The molecule has 0 aromatic rings. The van der Waals surface area contributed by atoms with E-state index in [1.165, 1.54) is 17.9 Å². The summed E-state index contributed by atoms with van der Waals surface area (Å²) in [5.74, 6) is -4.04. The number of hydrogen-bond donors (Lipinski definition) is 0. The molecule has 2 unspecified atom stereocenters. The zero-order chi connectivity index (χ0) is 8.57. The first kappa shape index (κ1) is 23.1. The zero-order valence-corrected chi connectivity index (χ0v) is 11.6. The minimum atomic E-state index is -2.02. The first-order valence-electron chi connectivity index (χ1n) is 1.63. The van der Waals surface area contributed by atoms with Crippen molar-refractivity contribution in [1.82, 2.24) is 0 Å². The molecule has 0 N–H and O–H groups in total. The summed E-state index contributed by atoms with van der Waals surface area (Å²) in [7, 11) is 4.64. The van der Waals surface area contributed by atoms with Crippen LogP contribution in [0, 0.1) is 12.7 Å². The van der Waals surface area contributed by atoms with Gasteiger partial charge in [-0.15, -0.1) is 24.3 Å². The molecule has 0 aliphatic rings. The third-order valence-corrected chi connectivity index (χ3v) is 0.359. The van der Waals surface area contributed by atoms with Crippen LogP contribution in [0.5, 0.6) is 0 Å². The van der Waals surface area contributed by atoms with Gasteiger partial charge in [0.15, 0.2) is 0 Å². The standard InChI is InChI=1S/C4F4.ClH.Ir.2H3P/c5-1-3(7)4(8)2-6;;;;/h;1H;;2*1H3/q-2;;+3;;/p-1. The fraction of sp³-hybridized carbons (Fsp3) is 0. The number of allylic oxidation sites excluding steroid dienone is 2. The van der Waals surface area contributed by atoms with Gasteiger partial charge in [-0.05, 0) is 0 Å². The molecule has 0 spiro atoms. The summed E-state index contributed by atoms with van der Waals surface area (Å²) in [6.45, 7) is 0. The molecule has 0 fully saturated rings. The van der Waals surface area contributed by atoms with Crippen molar-refractivity contribution in [1.29, 1.82) is 0 Å². The van der Waals surface area contributed by atoms with Crippen molar-refractivity contribution in [3.63, 3.8) is 0 Å². The molecule has 0 heterocycles. The number of halogens is 5. The van der Waals surface area contributed by atoms with Crippen molar-refractivity contribution in [2.75, 3.05) is 0 Å². The second-order valence-electron chi connectivity index (χ2n) is 0.817. The Balaban J connectivity index is -0.0000000740. The van der Waals surface area contributed by atoms with Crippen molar-refractivity contribution in [2.45, 2.75) is 0 Å². The molecule has 0 aliphatic heterocycles. The van der Waals surface area contributed by atoms with E-state index in [0.717, 1.165) is 0 Å². The van der Waals surface area contributed by atoms with Gasteiger partial charge in [0, 0.05) is 0 Å². The topological polar surface area (TPSA) is 0 Å². The van der Waals surface area contributed by atoms with Crippen LogP contribution >= 0.6 is 29.4 Å². The van der Waals surface area contributed by atoms with Gasteiger partial charge in [-0.1, -0.05) is 0 Å². The normalized spacial score (nSPS) is 10.2. The van der Waals surface area contributed by atoms with E-state index in [1.807, 2.05) is 0 Å². The molecule has 0 nitrogen and oxygen atoms in total. The molecule has 12 heavy (non-hydrogen) atoms. The Morgan fingerprint density at radius 3 is 1.17 bits per heavy atom. The molecule has 0 amide bonds. The first-order valence-corrected chi connectivity index (χ1v) is 4.60. The number of rotatable bonds is 1. The van der Waals surface area contributed by atoms with E-state index < -0.39 is 11.7 Å². The monoisotopic (exact) mass is 420 g/mol. The predicted octanol–water partition coefficient (Wildman–Crippen LogP) is 2.96. The molecule has 0 saturated heterocycles. The van der Waals surface area contributed by atoms with Gasteiger partial charge in [0.1, 0.15) is 0 Å². The van der Waals surface area contributed by atoms with Crippen molar-refractivity contribution >= 4 is 29.4 Å². The first-order chi connectivity index (χ1) is 4.72. The predicted molar refractivity (Wildman–Crippen MR) is 46.0 cm³/mol. The molecule has 76 valence electrons. The molecule has 0 aliphatic carbocycles. The molecule has 0 radical (unpaired) electrons. The molecular formula is C4H6ClF4IrP2. The van der Waals surface area contributed by atoms with Crippen LogP contribution in [0.25, 0.3) is 0 Å². The van der Waals surface area contributed by atoms with Gasteiger partial charge in [-0.3, -0.25) is 0 Å². The zero-order valence-electron chi connectivity index (χ0n) is 5.64. The van der Waals surface area contributed by atoms with Gasteiger partial charge in [0.2, 0.25) is 0 Å². The second kappa shape index (κ2) is 17.9. The van der Waals surface area contributed by atoms with Crippen molar-refractivity contribution < 1.29 is 35.5 Å². The fourth-order valence-corrected chi connectivity index (χ4v) is 0.0830. The van der Waals surface area contributed by atoms with Gasteiger partial charge in [0.05, 0.1) is 0 Å². The molecule has 0 rings (SSSR count). The van der Waals surface area contributed by atoms with Crippen molar-refractivity contribution in [2.24, 2.45) is 0 Å². The Kier molecular flexibility index (Phi) is 34.5. The molecule has 2 atom stereocenters. The Hall–Kier alpha value is 0.999. The van der Waals surface area contributed by atoms with E-state index in [2.05, 4.69) is 9.58 Å².